The summed E-state index contributed by atoms with van der Waals surface area (Å²) in [5.41, 5.74) is 12.3. The molecule has 24 heavy (non-hydrogen) atoms. The van der Waals surface area contributed by atoms with Crippen LogP contribution in [-0.2, 0) is 9.59 Å². The maximum absolute atomic E-state index is 11.9. The van der Waals surface area contributed by atoms with Crippen molar-refractivity contribution >= 4 is 36.0 Å². The third-order valence-corrected chi connectivity index (χ3v) is 5.46. The Morgan fingerprint density at radius 2 is 2.12 bits per heavy atom. The maximum Gasteiger partial charge on any atom is 0.352 e. The molecular weight excluding hydrogens is 358 g/mol. The van der Waals surface area contributed by atoms with Crippen molar-refractivity contribution < 1.29 is 19.8 Å². The molecule has 0 aromatic heterocycles. The minimum Gasteiger partial charge on any atom is -0.477 e. The number of hydrogen-bond acceptors (Lipinski definition) is 8. The topological polar surface area (TPSA) is 136 Å². The zero-order valence-electron chi connectivity index (χ0n) is 12.7. The van der Waals surface area contributed by atoms with Gasteiger partial charge >= 0.3 is 5.97 Å². The number of hydrazine groups is 1. The van der Waals surface area contributed by atoms with Crippen LogP contribution in [0.2, 0.25) is 0 Å². The minimum absolute atomic E-state index is 0. The lowest BCUT2D eigenvalue weighted by Gasteiger charge is -2.48. The van der Waals surface area contributed by atoms with Crippen LogP contribution in [0.25, 0.3) is 0 Å². The molecule has 0 radical (unpaired) electrons. The molecule has 0 bridgehead atoms. The number of nitrogens with two attached hydrogens (primary N) is 2. The molecule has 0 aromatic rings. The average Bonchev–Trinajstić information content (AvgIpc) is 2.87. The van der Waals surface area contributed by atoms with Gasteiger partial charge < -0.3 is 26.7 Å². The molecule has 3 aliphatic rings. The summed E-state index contributed by atoms with van der Waals surface area (Å²) in [5, 5.41) is 21.9. The van der Waals surface area contributed by atoms with Crippen LogP contribution in [0.4, 0.5) is 0 Å². The van der Waals surface area contributed by atoms with Gasteiger partial charge in [0.1, 0.15) is 17.1 Å². The molecule has 11 heteroatoms. The lowest BCUT2D eigenvalue weighted by Crippen LogP contribution is -2.68. The van der Waals surface area contributed by atoms with Crippen LogP contribution in [0.3, 0.4) is 0 Å². The van der Waals surface area contributed by atoms with E-state index in [0.29, 0.717) is 24.4 Å². The van der Waals surface area contributed by atoms with Gasteiger partial charge in [-0.15, -0.1) is 24.2 Å². The largest absolute Gasteiger partial charge is 0.477 e. The summed E-state index contributed by atoms with van der Waals surface area (Å²) in [4.78, 5) is 24.8. The number of halogens is 1. The van der Waals surface area contributed by atoms with Crippen LogP contribution in [-0.4, -0.2) is 80.0 Å². The number of hydrogen-bond donors (Lipinski definition) is 4. The number of carbonyl (C=O) groups is 2. The van der Waals surface area contributed by atoms with Gasteiger partial charge in [0.25, 0.3) is 0 Å². The summed E-state index contributed by atoms with van der Waals surface area (Å²) in [6.45, 7) is 0.574. The zero-order chi connectivity index (χ0) is 16.7. The molecule has 3 heterocycles. The van der Waals surface area contributed by atoms with Gasteiger partial charge in [-0.05, 0) is 11.6 Å². The van der Waals surface area contributed by atoms with Gasteiger partial charge in [0.05, 0.1) is 19.3 Å². The molecule has 1 fully saturated rings. The number of carboxylic acid groups (broad SMARTS) is 1. The fourth-order valence-electron chi connectivity index (χ4n) is 2.96. The van der Waals surface area contributed by atoms with Crippen molar-refractivity contribution in [3.8, 4) is 0 Å². The number of aliphatic carboxylic acids is 1. The number of amides is 1. The van der Waals surface area contributed by atoms with Gasteiger partial charge in [-0.25, -0.2) is 4.79 Å². The van der Waals surface area contributed by atoms with Crippen LogP contribution < -0.4 is 11.5 Å². The number of nitrogens with zero attached hydrogens (tertiary/aromatic N) is 3. The first-order chi connectivity index (χ1) is 11.0. The Balaban J connectivity index is 0.00000208. The van der Waals surface area contributed by atoms with Crippen LogP contribution in [0.5, 0.6) is 0 Å². The molecular formula is C13H20ClN5O4S. The van der Waals surface area contributed by atoms with Gasteiger partial charge in [-0.3, -0.25) is 9.69 Å². The van der Waals surface area contributed by atoms with Crippen LogP contribution in [0, 0.1) is 0 Å². The number of thioether (sulfide) groups is 1. The fraction of sp³-hybridized carbons (Fsp3) is 0.538. The summed E-state index contributed by atoms with van der Waals surface area (Å²) < 4.78 is 0. The molecule has 3 atom stereocenters. The van der Waals surface area contributed by atoms with Crippen molar-refractivity contribution in [2.24, 2.45) is 11.5 Å². The van der Waals surface area contributed by atoms with E-state index in [1.807, 2.05) is 0 Å². The number of carboxylic acids is 1. The van der Waals surface area contributed by atoms with E-state index < -0.39 is 12.0 Å². The summed E-state index contributed by atoms with van der Waals surface area (Å²) in [5.74, 6) is -1.01. The number of aliphatic hydroxyl groups excluding tert-OH is 1. The minimum atomic E-state index is -1.13. The van der Waals surface area contributed by atoms with E-state index in [1.165, 1.54) is 16.7 Å². The molecule has 0 aromatic carbocycles. The first-order valence-electron chi connectivity index (χ1n) is 7.19. The zero-order valence-corrected chi connectivity index (χ0v) is 14.4. The first kappa shape index (κ1) is 19.0. The Hall–Kier alpha value is -1.30. The molecule has 3 rings (SSSR count). The highest BCUT2D eigenvalue weighted by Crippen LogP contribution is 2.39. The third kappa shape index (κ3) is 3.01. The molecule has 0 saturated carbocycles. The van der Waals surface area contributed by atoms with Crippen LogP contribution in [0.1, 0.15) is 0 Å². The van der Waals surface area contributed by atoms with Crippen LogP contribution >= 0.6 is 24.2 Å². The van der Waals surface area contributed by atoms with E-state index in [4.69, 9.17) is 16.6 Å². The molecule has 6 N–H and O–H groups in total. The second kappa shape index (κ2) is 7.30. The van der Waals surface area contributed by atoms with Crippen molar-refractivity contribution in [1.29, 1.82) is 0 Å². The molecule has 1 amide bonds. The summed E-state index contributed by atoms with van der Waals surface area (Å²) >= 11 is 1.46. The fourth-order valence-corrected chi connectivity index (χ4v) is 4.25. The molecule has 2 unspecified atom stereocenters. The van der Waals surface area contributed by atoms with Gasteiger partial charge in [0.15, 0.2) is 0 Å². The average molecular weight is 378 g/mol. The quantitative estimate of drug-likeness (QED) is 0.414. The van der Waals surface area contributed by atoms with E-state index in [9.17, 15) is 14.7 Å². The number of fused-ring (bicyclic) bond motifs is 1. The summed E-state index contributed by atoms with van der Waals surface area (Å²) in [6, 6.07) is -0.637. The van der Waals surface area contributed by atoms with Crippen molar-refractivity contribution in [1.82, 2.24) is 14.9 Å². The number of carbonyl (C=O) groups excluding carboxylic acids is 1. The molecule has 3 aliphatic heterocycles. The normalized spacial score (nSPS) is 29.5. The molecule has 0 aliphatic carbocycles. The highest BCUT2D eigenvalue weighted by Gasteiger charge is 2.51. The Bertz CT molecular complexity index is 601. The lowest BCUT2D eigenvalue weighted by molar-refractivity contribution is -0.148. The van der Waals surface area contributed by atoms with Crippen molar-refractivity contribution in [2.75, 3.05) is 25.4 Å². The Morgan fingerprint density at radius 1 is 1.42 bits per heavy atom. The molecule has 134 valence electrons. The number of β-amino-alcohol motifs (C(OH)–C–C–N with tert-alkyl or cyclic N) is 1. The third-order valence-electron chi connectivity index (χ3n) is 4.10. The van der Waals surface area contributed by atoms with Gasteiger partial charge in [0.2, 0.25) is 5.91 Å². The smallest absolute Gasteiger partial charge is 0.352 e. The second-order valence-corrected chi connectivity index (χ2v) is 6.61. The first-order valence-corrected chi connectivity index (χ1v) is 8.24. The van der Waals surface area contributed by atoms with Gasteiger partial charge in [0, 0.05) is 18.5 Å². The summed E-state index contributed by atoms with van der Waals surface area (Å²) in [6.07, 6.45) is 3.16. The highest BCUT2D eigenvalue weighted by atomic mass is 35.5. The van der Waals surface area contributed by atoms with E-state index in [2.05, 4.69) is 0 Å². The number of aliphatic hydroxyl groups is 1. The van der Waals surface area contributed by atoms with Crippen LogP contribution in [0.15, 0.2) is 23.5 Å². The Kier molecular flexibility index (Phi) is 5.78. The maximum atomic E-state index is 11.9. The Morgan fingerprint density at radius 3 is 2.75 bits per heavy atom. The van der Waals surface area contributed by atoms with Gasteiger partial charge in [-0.1, -0.05) is 0 Å². The Labute approximate surface area is 149 Å². The highest BCUT2D eigenvalue weighted by molar-refractivity contribution is 8.00. The standard InChI is InChI=1S/C13H19N5O4S.ClH/c14-8-1-2-16(17(8)3-4-19)5-7-6-23-12-9(15)11(20)18(12)10(7)13(21)22;/h1-2,8-9,12,19H,3-6,14-15H2,(H,21,22);1H/t8?,9-,12?;/m1./s1. The molecule has 9 nitrogen and oxygen atoms in total. The SMILES string of the molecule is Cl.NC1C=CN(CC2=C(C(=O)O)N3C(=O)[C@@H](N)C3SC2)N1CCO. The molecule has 1 saturated heterocycles. The predicted molar refractivity (Wildman–Crippen MR) is 90.6 cm³/mol. The van der Waals surface area contributed by atoms with Crippen molar-refractivity contribution in [2.45, 2.75) is 17.6 Å². The monoisotopic (exact) mass is 377 g/mol. The second-order valence-electron chi connectivity index (χ2n) is 5.51. The van der Waals surface area contributed by atoms with Crippen molar-refractivity contribution in [3.05, 3.63) is 23.5 Å². The van der Waals surface area contributed by atoms with E-state index in [1.54, 1.807) is 22.3 Å². The van der Waals surface area contributed by atoms with E-state index in [-0.39, 0.29) is 42.2 Å². The number of rotatable bonds is 5. The molecule has 0 spiro atoms. The predicted octanol–water partition coefficient (Wildman–Crippen LogP) is -1.69. The number of β-lactam (4-membered cyclic amide) rings is 1. The van der Waals surface area contributed by atoms with E-state index in [0.717, 1.165) is 0 Å². The van der Waals surface area contributed by atoms with Gasteiger partial charge in [-0.2, -0.15) is 5.01 Å². The van der Waals surface area contributed by atoms with Crippen molar-refractivity contribution in [3.63, 3.8) is 0 Å². The lowest BCUT2D eigenvalue weighted by atomic mass is 10.0. The van der Waals surface area contributed by atoms with E-state index >= 15 is 0 Å². The summed E-state index contributed by atoms with van der Waals surface area (Å²) in [7, 11) is 0.